The van der Waals surface area contributed by atoms with E-state index in [-0.39, 0.29) is 0 Å². The van der Waals surface area contributed by atoms with Crippen LogP contribution < -0.4 is 8.97 Å². The van der Waals surface area contributed by atoms with E-state index in [9.17, 15) is 0 Å². The van der Waals surface area contributed by atoms with Crippen molar-refractivity contribution in [2.24, 2.45) is 10.2 Å². The normalized spacial score (nSPS) is 12.8. The van der Waals surface area contributed by atoms with Gasteiger partial charge in [-0.1, -0.05) is 0 Å². The molecule has 0 heterocycles. The van der Waals surface area contributed by atoms with Crippen LogP contribution in [0.2, 0.25) is 0 Å². The lowest BCUT2D eigenvalue weighted by atomic mass is 10.2. The Bertz CT molecular complexity index is 582. The van der Waals surface area contributed by atoms with Gasteiger partial charge < -0.3 is 0 Å². The minimum absolute atomic E-state index is 0.796. The van der Waals surface area contributed by atoms with Crippen LogP contribution in [0.1, 0.15) is 0 Å². The standard InChI is InChI=1S/C18H26N4/c1-21(2,3)17-11-7-15(8-12-17)19-20-16-9-13-18(14-10-16)22(4,5)6/h7-14H,1-6H3/q+2/b20-19+. The smallest absolute Gasteiger partial charge is 0.132 e. The molecule has 0 radical (unpaired) electrons. The number of quaternary nitrogens is 2. The maximum absolute atomic E-state index is 4.30. The molecule has 0 spiro atoms. The minimum atomic E-state index is 0.796. The number of rotatable bonds is 4. The first kappa shape index (κ1) is 16.3. The van der Waals surface area contributed by atoms with Gasteiger partial charge in [0.2, 0.25) is 0 Å². The second kappa shape index (κ2) is 5.99. The first-order valence-electron chi connectivity index (χ1n) is 7.42. The van der Waals surface area contributed by atoms with Gasteiger partial charge in [0.25, 0.3) is 0 Å². The number of hydrogen-bond acceptors (Lipinski definition) is 2. The Morgan fingerprint density at radius 1 is 0.500 bits per heavy atom. The average Bonchev–Trinajstić information content (AvgIpc) is 2.44. The zero-order valence-electron chi connectivity index (χ0n) is 14.4. The molecule has 0 bridgehead atoms. The van der Waals surface area contributed by atoms with Crippen LogP contribution in [0.3, 0.4) is 0 Å². The van der Waals surface area contributed by atoms with Crippen molar-refractivity contribution in [3.8, 4) is 0 Å². The molecule has 22 heavy (non-hydrogen) atoms. The summed E-state index contributed by atoms with van der Waals surface area (Å²) < 4.78 is 1.59. The molecule has 2 aromatic carbocycles. The predicted octanol–water partition coefficient (Wildman–Crippen LogP) is 4.50. The highest BCUT2D eigenvalue weighted by Crippen LogP contribution is 2.25. The predicted molar refractivity (Wildman–Crippen MR) is 96.2 cm³/mol. The van der Waals surface area contributed by atoms with Crippen LogP contribution in [0.4, 0.5) is 22.7 Å². The summed E-state index contributed by atoms with van der Waals surface area (Å²) in [6.07, 6.45) is 0. The third-order valence-corrected chi connectivity index (χ3v) is 3.53. The van der Waals surface area contributed by atoms with E-state index in [0.717, 1.165) is 20.3 Å². The van der Waals surface area contributed by atoms with Crippen LogP contribution >= 0.6 is 0 Å². The van der Waals surface area contributed by atoms with Crippen molar-refractivity contribution in [3.63, 3.8) is 0 Å². The lowest BCUT2D eigenvalue weighted by Crippen LogP contribution is -2.34. The van der Waals surface area contributed by atoms with Crippen molar-refractivity contribution in [2.75, 3.05) is 42.3 Å². The van der Waals surface area contributed by atoms with Gasteiger partial charge in [-0.05, 0) is 24.3 Å². The summed E-state index contributed by atoms with van der Waals surface area (Å²) in [5.41, 5.74) is 4.22. The van der Waals surface area contributed by atoms with E-state index in [4.69, 9.17) is 0 Å². The molecule has 0 aliphatic carbocycles. The molecule has 4 nitrogen and oxygen atoms in total. The van der Waals surface area contributed by atoms with Gasteiger partial charge in [0.05, 0.1) is 53.7 Å². The average molecular weight is 298 g/mol. The molecule has 0 N–H and O–H groups in total. The lowest BCUT2D eigenvalue weighted by Gasteiger charge is -2.23. The summed E-state index contributed by atoms with van der Waals surface area (Å²) >= 11 is 0. The Balaban J connectivity index is 2.12. The van der Waals surface area contributed by atoms with Crippen molar-refractivity contribution in [1.29, 1.82) is 0 Å². The Labute approximate surface area is 133 Å². The minimum Gasteiger partial charge on any atom is -0.298 e. The molecule has 0 atom stereocenters. The molecular formula is C18H26N4+2. The van der Waals surface area contributed by atoms with Crippen LogP contribution in [0.5, 0.6) is 0 Å². The van der Waals surface area contributed by atoms with Gasteiger partial charge in [-0.15, -0.1) is 0 Å². The van der Waals surface area contributed by atoms with E-state index in [1.165, 1.54) is 11.4 Å². The maximum atomic E-state index is 4.30. The Morgan fingerprint density at radius 2 is 0.773 bits per heavy atom. The van der Waals surface area contributed by atoms with Crippen molar-refractivity contribution in [2.45, 2.75) is 0 Å². The molecule has 0 saturated heterocycles. The van der Waals surface area contributed by atoms with Gasteiger partial charge in [0.15, 0.2) is 0 Å². The van der Waals surface area contributed by atoms with Gasteiger partial charge >= 0.3 is 0 Å². The molecule has 0 amide bonds. The molecule has 2 aromatic rings. The molecule has 0 unspecified atom stereocenters. The topological polar surface area (TPSA) is 24.7 Å². The monoisotopic (exact) mass is 298 g/mol. The fraction of sp³-hybridized carbons (Fsp3) is 0.333. The third kappa shape index (κ3) is 4.23. The largest absolute Gasteiger partial charge is 0.298 e. The highest BCUT2D eigenvalue weighted by atomic mass is 15.3. The summed E-state index contributed by atoms with van der Waals surface area (Å²) in [4.78, 5) is 0. The third-order valence-electron chi connectivity index (χ3n) is 3.53. The highest BCUT2D eigenvalue weighted by Gasteiger charge is 2.11. The number of nitrogens with zero attached hydrogens (tertiary/aromatic N) is 4. The van der Waals surface area contributed by atoms with Gasteiger partial charge in [-0.25, -0.2) is 0 Å². The molecule has 0 aliphatic rings. The lowest BCUT2D eigenvalue weighted by molar-refractivity contribution is 0.486. The second-order valence-corrected chi connectivity index (χ2v) is 7.26. The van der Waals surface area contributed by atoms with Crippen LogP contribution in [0.15, 0.2) is 58.8 Å². The molecule has 0 fully saturated rings. The second-order valence-electron chi connectivity index (χ2n) is 7.26. The van der Waals surface area contributed by atoms with E-state index in [1.54, 1.807) is 0 Å². The van der Waals surface area contributed by atoms with Crippen LogP contribution in [-0.2, 0) is 0 Å². The van der Waals surface area contributed by atoms with E-state index in [2.05, 4.69) is 76.8 Å². The summed E-state index contributed by atoms with van der Waals surface area (Å²) in [6.45, 7) is 0. The van der Waals surface area contributed by atoms with Crippen molar-refractivity contribution >= 4 is 22.7 Å². The van der Waals surface area contributed by atoms with Gasteiger partial charge in [-0.3, -0.25) is 8.97 Å². The fourth-order valence-electron chi connectivity index (χ4n) is 2.05. The maximum Gasteiger partial charge on any atom is 0.132 e. The quantitative estimate of drug-likeness (QED) is 0.586. The number of hydrogen-bond donors (Lipinski definition) is 0. The summed E-state index contributed by atoms with van der Waals surface area (Å²) in [7, 11) is 12.9. The molecule has 4 heteroatoms. The van der Waals surface area contributed by atoms with E-state index >= 15 is 0 Å². The summed E-state index contributed by atoms with van der Waals surface area (Å²) in [5.74, 6) is 0. The van der Waals surface area contributed by atoms with E-state index in [1.807, 2.05) is 24.3 Å². The van der Waals surface area contributed by atoms with Crippen LogP contribution in [-0.4, -0.2) is 42.3 Å². The molecule has 0 aliphatic heterocycles. The summed E-state index contributed by atoms with van der Waals surface area (Å²) in [6, 6.07) is 16.4. The molecule has 0 saturated carbocycles. The summed E-state index contributed by atoms with van der Waals surface area (Å²) in [5, 5.41) is 8.61. The zero-order chi connectivity index (χ0) is 16.4. The van der Waals surface area contributed by atoms with Gasteiger partial charge in [-0.2, -0.15) is 10.2 Å². The highest BCUT2D eigenvalue weighted by molar-refractivity contribution is 5.51. The molecule has 2 rings (SSSR count). The zero-order valence-corrected chi connectivity index (χ0v) is 14.4. The number of benzene rings is 2. The molecular weight excluding hydrogens is 272 g/mol. The van der Waals surface area contributed by atoms with Crippen molar-refractivity contribution in [1.82, 2.24) is 8.97 Å². The van der Waals surface area contributed by atoms with Crippen LogP contribution in [0.25, 0.3) is 0 Å². The number of azo groups is 1. The first-order valence-corrected chi connectivity index (χ1v) is 7.42. The fourth-order valence-corrected chi connectivity index (χ4v) is 2.05. The molecule has 116 valence electrons. The Kier molecular flexibility index (Phi) is 4.44. The first-order chi connectivity index (χ1) is 10.2. The van der Waals surface area contributed by atoms with Gasteiger partial charge in [0.1, 0.15) is 11.4 Å². The molecule has 0 aromatic heterocycles. The SMILES string of the molecule is C[N+](C)(C)c1ccc(/N=N/c2ccc([N+](C)(C)C)cc2)cc1. The van der Waals surface area contributed by atoms with Crippen molar-refractivity contribution < 1.29 is 0 Å². The Hall–Kier alpha value is -2.04. The van der Waals surface area contributed by atoms with Gasteiger partial charge in [0, 0.05) is 24.3 Å². The Morgan fingerprint density at radius 3 is 1.00 bits per heavy atom. The van der Waals surface area contributed by atoms with Crippen LogP contribution in [0, 0.1) is 0 Å². The van der Waals surface area contributed by atoms with E-state index in [0.29, 0.717) is 0 Å². The van der Waals surface area contributed by atoms with E-state index < -0.39 is 0 Å². The van der Waals surface area contributed by atoms with Crippen molar-refractivity contribution in [3.05, 3.63) is 48.5 Å².